The van der Waals surface area contributed by atoms with Gasteiger partial charge in [-0.05, 0) is 43.4 Å². The Morgan fingerprint density at radius 1 is 1.25 bits per heavy atom. The zero-order valence-electron chi connectivity index (χ0n) is 13.2. The molecule has 1 aromatic heterocycles. The molecule has 0 aliphatic heterocycles. The Morgan fingerprint density at radius 3 is 2.62 bits per heavy atom. The number of rotatable bonds is 5. The number of ether oxygens (including phenoxy) is 2. The van der Waals surface area contributed by atoms with Gasteiger partial charge in [0.15, 0.2) is 6.61 Å². The van der Waals surface area contributed by atoms with E-state index in [-0.39, 0.29) is 23.9 Å². The molecule has 0 bridgehead atoms. The molecule has 3 rings (SSSR count). The molecular weight excluding hydrogens is 332 g/mol. The molecule has 1 aliphatic rings. The van der Waals surface area contributed by atoms with Crippen molar-refractivity contribution in [2.75, 3.05) is 6.61 Å². The molecule has 1 saturated carbocycles. The molecule has 5 nitrogen and oxygen atoms in total. The van der Waals surface area contributed by atoms with Crippen molar-refractivity contribution < 1.29 is 18.7 Å². The number of benzene rings is 1. The maximum atomic E-state index is 11.8. The van der Waals surface area contributed by atoms with E-state index >= 15 is 0 Å². The van der Waals surface area contributed by atoms with Gasteiger partial charge in [0.2, 0.25) is 11.2 Å². The fourth-order valence-corrected chi connectivity index (χ4v) is 2.82. The second-order valence-electron chi connectivity index (χ2n) is 5.79. The minimum atomic E-state index is -0.489. The first-order valence-electron chi connectivity index (χ1n) is 7.69. The van der Waals surface area contributed by atoms with E-state index < -0.39 is 5.97 Å². The monoisotopic (exact) mass is 348 g/mol. The Labute approximate surface area is 144 Å². The molecule has 0 amide bonds. The number of halogens is 1. The summed E-state index contributed by atoms with van der Waals surface area (Å²) in [6, 6.07) is 8.95. The topological polar surface area (TPSA) is 65.7 Å². The summed E-state index contributed by atoms with van der Waals surface area (Å²) >= 11 is 5.87. The van der Waals surface area contributed by atoms with E-state index in [1.54, 1.807) is 6.92 Å². The van der Waals surface area contributed by atoms with Gasteiger partial charge in [0.25, 0.3) is 0 Å². The highest BCUT2D eigenvalue weighted by Gasteiger charge is 2.33. The van der Waals surface area contributed by atoms with Crippen molar-refractivity contribution in [1.82, 2.24) is 0 Å². The fourth-order valence-electron chi connectivity index (χ4n) is 2.69. The molecule has 0 saturated heterocycles. The Morgan fingerprint density at radius 2 is 1.96 bits per heavy atom. The summed E-state index contributed by atoms with van der Waals surface area (Å²) in [6.45, 7) is 1.29. The van der Waals surface area contributed by atoms with Crippen LogP contribution in [0.2, 0.25) is 5.02 Å². The van der Waals surface area contributed by atoms with Crippen LogP contribution in [0.25, 0.3) is 0 Å². The number of aryl methyl sites for hydroxylation is 1. The zero-order chi connectivity index (χ0) is 17.1. The third-order valence-electron chi connectivity index (χ3n) is 4.08. The van der Waals surface area contributed by atoms with Crippen LogP contribution in [-0.2, 0) is 9.53 Å². The lowest BCUT2D eigenvalue weighted by Crippen LogP contribution is -2.33. The highest BCUT2D eigenvalue weighted by atomic mass is 35.5. The summed E-state index contributed by atoms with van der Waals surface area (Å²) in [5.74, 6) is 0.269. The molecule has 1 aliphatic carbocycles. The molecule has 0 unspecified atom stereocenters. The second-order valence-corrected chi connectivity index (χ2v) is 6.23. The lowest BCUT2D eigenvalue weighted by Gasteiger charge is -2.35. The molecular formula is C18H17ClO5. The predicted molar refractivity (Wildman–Crippen MR) is 88.5 cm³/mol. The largest absolute Gasteiger partial charge is 0.475 e. The maximum Gasteiger partial charge on any atom is 0.344 e. The molecule has 0 radical (unpaired) electrons. The minimum absolute atomic E-state index is 0.0436. The van der Waals surface area contributed by atoms with E-state index in [4.69, 9.17) is 25.5 Å². The Kier molecular flexibility index (Phi) is 4.90. The lowest BCUT2D eigenvalue weighted by molar-refractivity contribution is -0.156. The molecule has 24 heavy (non-hydrogen) atoms. The number of esters is 1. The van der Waals surface area contributed by atoms with Gasteiger partial charge >= 0.3 is 5.97 Å². The van der Waals surface area contributed by atoms with Crippen LogP contribution < -0.4 is 10.2 Å². The van der Waals surface area contributed by atoms with Gasteiger partial charge < -0.3 is 13.9 Å². The number of carbonyl (C=O) groups is 1. The summed E-state index contributed by atoms with van der Waals surface area (Å²) < 4.78 is 15.6. The maximum absolute atomic E-state index is 11.8. The molecule has 0 N–H and O–H groups in total. The smallest absolute Gasteiger partial charge is 0.344 e. The molecule has 1 aromatic carbocycles. The molecule has 0 atom stereocenters. The first-order chi connectivity index (χ1) is 11.5. The van der Waals surface area contributed by atoms with Crippen molar-refractivity contribution in [3.05, 3.63) is 63.2 Å². The first-order valence-corrected chi connectivity index (χ1v) is 8.07. The normalized spacial score (nSPS) is 19.4. The first kappa shape index (κ1) is 16.6. The van der Waals surface area contributed by atoms with Crippen molar-refractivity contribution in [1.29, 1.82) is 0 Å². The van der Waals surface area contributed by atoms with Crippen molar-refractivity contribution in [3.63, 3.8) is 0 Å². The molecule has 1 fully saturated rings. The van der Waals surface area contributed by atoms with Crippen LogP contribution in [0.1, 0.15) is 30.1 Å². The van der Waals surface area contributed by atoms with Crippen molar-refractivity contribution in [2.45, 2.75) is 31.8 Å². The van der Waals surface area contributed by atoms with Crippen molar-refractivity contribution in [3.8, 4) is 5.75 Å². The van der Waals surface area contributed by atoms with Crippen LogP contribution in [0.3, 0.4) is 0 Å². The van der Waals surface area contributed by atoms with Crippen LogP contribution >= 0.6 is 11.6 Å². The predicted octanol–water partition coefficient (Wildman–Crippen LogP) is 3.47. The van der Waals surface area contributed by atoms with Crippen molar-refractivity contribution in [2.24, 2.45) is 0 Å². The quantitative estimate of drug-likeness (QED) is 0.774. The Bertz CT molecular complexity index is 775. The van der Waals surface area contributed by atoms with Crippen molar-refractivity contribution >= 4 is 17.6 Å². The number of hydrogen-bond donors (Lipinski definition) is 0. The van der Waals surface area contributed by atoms with Gasteiger partial charge in [-0.15, -0.1) is 0 Å². The molecule has 1 heterocycles. The van der Waals surface area contributed by atoms with E-state index in [1.165, 1.54) is 17.9 Å². The Hall–Kier alpha value is -2.27. The van der Waals surface area contributed by atoms with Gasteiger partial charge in [0, 0.05) is 11.1 Å². The second kappa shape index (κ2) is 7.09. The highest BCUT2D eigenvalue weighted by Crippen LogP contribution is 2.39. The standard InChI is InChI=1S/C18H17ClO5/c1-11-18(16(20)6-7-22-11)23-10-17(21)24-15-8-13(9-15)12-2-4-14(19)5-3-12/h2-7,13,15H,8-10H2,1H3. The summed E-state index contributed by atoms with van der Waals surface area (Å²) in [5, 5.41) is 0.707. The minimum Gasteiger partial charge on any atom is -0.475 e. The van der Waals surface area contributed by atoms with Crippen LogP contribution in [0, 0.1) is 6.92 Å². The summed E-state index contributed by atoms with van der Waals surface area (Å²) in [7, 11) is 0. The van der Waals surface area contributed by atoms with E-state index in [2.05, 4.69) is 0 Å². The summed E-state index contributed by atoms with van der Waals surface area (Å²) in [6.07, 6.45) is 2.73. The number of carbonyl (C=O) groups excluding carboxylic acids is 1. The highest BCUT2D eigenvalue weighted by molar-refractivity contribution is 6.30. The molecule has 2 aromatic rings. The molecule has 0 spiro atoms. The third kappa shape index (κ3) is 3.79. The SMILES string of the molecule is Cc1occc(=O)c1OCC(=O)OC1CC(c2ccc(Cl)cc2)C1. The van der Waals surface area contributed by atoms with Crippen LogP contribution in [0.15, 0.2) is 45.8 Å². The van der Waals surface area contributed by atoms with E-state index in [1.807, 2.05) is 24.3 Å². The van der Waals surface area contributed by atoms with Gasteiger partial charge in [-0.2, -0.15) is 0 Å². The van der Waals surface area contributed by atoms with Crippen LogP contribution in [0.5, 0.6) is 5.75 Å². The fraction of sp³-hybridized carbons (Fsp3) is 0.333. The van der Waals surface area contributed by atoms with E-state index in [0.29, 0.717) is 16.7 Å². The average molecular weight is 349 g/mol. The van der Waals surface area contributed by atoms with E-state index in [9.17, 15) is 9.59 Å². The number of hydrogen-bond acceptors (Lipinski definition) is 5. The molecule has 126 valence electrons. The van der Waals surface area contributed by atoms with Crippen LogP contribution in [-0.4, -0.2) is 18.7 Å². The summed E-state index contributed by atoms with van der Waals surface area (Å²) in [5.41, 5.74) is 0.874. The average Bonchev–Trinajstić information content (AvgIpc) is 2.51. The van der Waals surface area contributed by atoms with Gasteiger partial charge in [-0.3, -0.25) is 4.79 Å². The third-order valence-corrected chi connectivity index (χ3v) is 4.33. The van der Waals surface area contributed by atoms with Gasteiger partial charge in [-0.25, -0.2) is 4.79 Å². The van der Waals surface area contributed by atoms with Crippen LogP contribution in [0.4, 0.5) is 0 Å². The lowest BCUT2D eigenvalue weighted by atomic mass is 9.77. The van der Waals surface area contributed by atoms with E-state index in [0.717, 1.165) is 12.8 Å². The van der Waals surface area contributed by atoms with Gasteiger partial charge in [0.1, 0.15) is 11.9 Å². The summed E-state index contributed by atoms with van der Waals surface area (Å²) in [4.78, 5) is 23.5. The zero-order valence-corrected chi connectivity index (χ0v) is 13.9. The van der Waals surface area contributed by atoms with Gasteiger partial charge in [-0.1, -0.05) is 23.7 Å². The molecule has 6 heteroatoms. The van der Waals surface area contributed by atoms with Gasteiger partial charge in [0.05, 0.1) is 6.26 Å². The Balaban J connectivity index is 1.45.